The Morgan fingerprint density at radius 2 is 1.70 bits per heavy atom. The topological polar surface area (TPSA) is 77.2 Å². The monoisotopic (exact) mass is 459 g/mol. The first kappa shape index (κ1) is 25.3. The zero-order valence-corrected chi connectivity index (χ0v) is 20.5. The lowest BCUT2D eigenvalue weighted by molar-refractivity contribution is -0.129. The molecule has 3 amide bonds. The summed E-state index contributed by atoms with van der Waals surface area (Å²) >= 11 is 0. The zero-order valence-electron chi connectivity index (χ0n) is 20.5. The van der Waals surface area contributed by atoms with Crippen LogP contribution in [-0.4, -0.2) is 92.1 Å². The first-order valence-electron chi connectivity index (χ1n) is 12.5. The van der Waals surface area contributed by atoms with Crippen molar-refractivity contribution >= 4 is 17.6 Å². The molecule has 8 nitrogen and oxygen atoms in total. The molecule has 0 spiro atoms. The average molecular weight is 460 g/mol. The van der Waals surface area contributed by atoms with Crippen molar-refractivity contribution in [3.8, 4) is 5.75 Å². The first-order valence-corrected chi connectivity index (χ1v) is 12.5. The van der Waals surface area contributed by atoms with E-state index in [2.05, 4.69) is 34.3 Å². The van der Waals surface area contributed by atoms with Crippen LogP contribution in [0.4, 0.5) is 10.5 Å². The highest BCUT2D eigenvalue weighted by Crippen LogP contribution is 2.31. The molecular weight excluding hydrogens is 418 g/mol. The second-order valence-electron chi connectivity index (χ2n) is 8.99. The van der Waals surface area contributed by atoms with E-state index in [9.17, 15) is 9.59 Å². The van der Waals surface area contributed by atoms with Gasteiger partial charge < -0.3 is 25.2 Å². The minimum atomic E-state index is -0.0964. The zero-order chi connectivity index (χ0) is 23.6. The van der Waals surface area contributed by atoms with E-state index in [1.807, 2.05) is 29.2 Å². The van der Waals surface area contributed by atoms with E-state index in [1.165, 1.54) is 12.8 Å². The van der Waals surface area contributed by atoms with Gasteiger partial charge >= 0.3 is 6.03 Å². The summed E-state index contributed by atoms with van der Waals surface area (Å²) in [5, 5.41) is 6.17. The molecule has 2 N–H and O–H groups in total. The molecule has 1 aromatic carbocycles. The lowest BCUT2D eigenvalue weighted by Crippen LogP contribution is -2.58. The number of carbonyl (C=O) groups is 2. The third-order valence-electron chi connectivity index (χ3n) is 7.07. The number of carbonyl (C=O) groups excluding carboxylic acids is 2. The van der Waals surface area contributed by atoms with Crippen LogP contribution >= 0.6 is 0 Å². The number of hydrogen-bond donors (Lipinski definition) is 2. The summed E-state index contributed by atoms with van der Waals surface area (Å²) in [5.74, 6) is 1.33. The summed E-state index contributed by atoms with van der Waals surface area (Å²) in [6.45, 7) is 10.6. The molecule has 0 bridgehead atoms. The molecule has 1 aliphatic heterocycles. The number of methoxy groups -OCH3 is 1. The van der Waals surface area contributed by atoms with E-state index in [0.717, 1.165) is 57.0 Å². The molecule has 1 atom stereocenters. The summed E-state index contributed by atoms with van der Waals surface area (Å²) < 4.78 is 5.17. The van der Waals surface area contributed by atoms with Crippen LogP contribution in [0.1, 0.15) is 39.5 Å². The second kappa shape index (κ2) is 12.8. The van der Waals surface area contributed by atoms with Crippen LogP contribution in [0.3, 0.4) is 0 Å². The average Bonchev–Trinajstić information content (AvgIpc) is 3.37. The highest BCUT2D eigenvalue weighted by molar-refractivity contribution is 5.89. The van der Waals surface area contributed by atoms with Gasteiger partial charge in [-0.2, -0.15) is 0 Å². The van der Waals surface area contributed by atoms with E-state index in [0.29, 0.717) is 25.6 Å². The maximum Gasteiger partial charge on any atom is 0.321 e. The van der Waals surface area contributed by atoms with Gasteiger partial charge in [0.25, 0.3) is 0 Å². The Labute approximate surface area is 198 Å². The van der Waals surface area contributed by atoms with Crippen molar-refractivity contribution in [1.29, 1.82) is 0 Å². The highest BCUT2D eigenvalue weighted by Gasteiger charge is 2.37. The predicted octanol–water partition coefficient (Wildman–Crippen LogP) is 2.86. The summed E-state index contributed by atoms with van der Waals surface area (Å²) in [6.07, 6.45) is 4.65. The lowest BCUT2D eigenvalue weighted by Gasteiger charge is -2.40. The molecule has 3 rings (SSSR count). The van der Waals surface area contributed by atoms with Gasteiger partial charge in [0, 0.05) is 45.0 Å². The third kappa shape index (κ3) is 7.08. The van der Waals surface area contributed by atoms with E-state index in [1.54, 1.807) is 7.11 Å². The van der Waals surface area contributed by atoms with Gasteiger partial charge in [0.15, 0.2) is 0 Å². The Morgan fingerprint density at radius 3 is 2.27 bits per heavy atom. The molecule has 0 aromatic heterocycles. The number of rotatable bonds is 10. The molecule has 1 heterocycles. The second-order valence-corrected chi connectivity index (χ2v) is 8.99. The molecule has 8 heteroatoms. The quantitative estimate of drug-likeness (QED) is 0.563. The van der Waals surface area contributed by atoms with Crippen LogP contribution in [0.5, 0.6) is 5.75 Å². The molecule has 184 valence electrons. The molecule has 2 fully saturated rings. The van der Waals surface area contributed by atoms with Crippen molar-refractivity contribution in [2.75, 3.05) is 64.8 Å². The summed E-state index contributed by atoms with van der Waals surface area (Å²) in [5.41, 5.74) is 0.750. The summed E-state index contributed by atoms with van der Waals surface area (Å²) in [7, 11) is 1.62. The number of benzene rings is 1. The van der Waals surface area contributed by atoms with Gasteiger partial charge in [-0.1, -0.05) is 26.7 Å². The number of nitrogens with one attached hydrogen (secondary N) is 2. The predicted molar refractivity (Wildman–Crippen MR) is 132 cm³/mol. The van der Waals surface area contributed by atoms with Crippen molar-refractivity contribution in [3.63, 3.8) is 0 Å². The summed E-state index contributed by atoms with van der Waals surface area (Å²) in [6, 6.07) is 7.16. The van der Waals surface area contributed by atoms with Crippen LogP contribution < -0.4 is 15.4 Å². The maximum atomic E-state index is 13.2. The smallest absolute Gasteiger partial charge is 0.321 e. The van der Waals surface area contributed by atoms with Crippen LogP contribution in [0, 0.1) is 5.92 Å². The number of piperazine rings is 1. The Hall–Kier alpha value is -2.32. The third-order valence-corrected chi connectivity index (χ3v) is 7.07. The Balaban J connectivity index is 1.53. The normalized spacial score (nSPS) is 18.4. The number of anilines is 1. The first-order chi connectivity index (χ1) is 16.0. The van der Waals surface area contributed by atoms with Crippen molar-refractivity contribution in [2.24, 2.45) is 5.92 Å². The minimum absolute atomic E-state index is 0.0870. The molecule has 33 heavy (non-hydrogen) atoms. The number of amides is 3. The van der Waals surface area contributed by atoms with Crippen LogP contribution in [0.2, 0.25) is 0 Å². The van der Waals surface area contributed by atoms with Crippen LogP contribution in [0.25, 0.3) is 0 Å². The van der Waals surface area contributed by atoms with E-state index in [4.69, 9.17) is 4.74 Å². The Morgan fingerprint density at radius 1 is 1.06 bits per heavy atom. The molecule has 0 radical (unpaired) electrons. The van der Waals surface area contributed by atoms with Gasteiger partial charge in [-0.05, 0) is 56.1 Å². The van der Waals surface area contributed by atoms with Gasteiger partial charge in [-0.3, -0.25) is 9.69 Å². The Bertz CT molecular complexity index is 739. The minimum Gasteiger partial charge on any atom is -0.497 e. The van der Waals surface area contributed by atoms with Crippen molar-refractivity contribution in [3.05, 3.63) is 24.3 Å². The van der Waals surface area contributed by atoms with E-state index in [-0.39, 0.29) is 18.0 Å². The number of nitrogens with zero attached hydrogens (tertiary/aromatic N) is 3. The van der Waals surface area contributed by atoms with E-state index < -0.39 is 0 Å². The lowest BCUT2D eigenvalue weighted by atomic mass is 9.95. The van der Waals surface area contributed by atoms with Crippen LogP contribution in [-0.2, 0) is 4.79 Å². The molecule has 1 aliphatic carbocycles. The number of urea groups is 1. The molecular formula is C25H41N5O3. The van der Waals surface area contributed by atoms with Crippen molar-refractivity contribution in [2.45, 2.75) is 45.6 Å². The number of ether oxygens (including phenoxy) is 1. The molecule has 2 aliphatic rings. The van der Waals surface area contributed by atoms with Crippen molar-refractivity contribution in [1.82, 2.24) is 20.0 Å². The largest absolute Gasteiger partial charge is 0.497 e. The fourth-order valence-electron chi connectivity index (χ4n) is 5.01. The fourth-order valence-corrected chi connectivity index (χ4v) is 5.01. The van der Waals surface area contributed by atoms with Gasteiger partial charge in [0.1, 0.15) is 5.75 Å². The number of likely N-dealkylation sites (N-methyl/N-ethyl adjacent to an activating group) is 1. The molecule has 1 saturated heterocycles. The SMILES string of the molecule is CCN(CC)CCNC(=O)C(C1CCCC1)N1CCN(C(=O)Nc2ccc(OC)cc2)CC1. The van der Waals surface area contributed by atoms with Crippen LogP contribution in [0.15, 0.2) is 24.3 Å². The summed E-state index contributed by atoms with van der Waals surface area (Å²) in [4.78, 5) is 32.4. The fraction of sp³-hybridized carbons (Fsp3) is 0.680. The van der Waals surface area contributed by atoms with Gasteiger partial charge in [-0.15, -0.1) is 0 Å². The molecule has 1 aromatic rings. The van der Waals surface area contributed by atoms with Gasteiger partial charge in [0.2, 0.25) is 5.91 Å². The van der Waals surface area contributed by atoms with Gasteiger partial charge in [-0.25, -0.2) is 4.79 Å². The standard InChI is InChI=1S/C25H41N5O3/c1-4-28(5-2)15-14-26-24(31)23(20-8-6-7-9-20)29-16-18-30(19-17-29)25(32)27-21-10-12-22(33-3)13-11-21/h10-13,20,23H,4-9,14-19H2,1-3H3,(H,26,31)(H,27,32). The van der Waals surface area contributed by atoms with E-state index >= 15 is 0 Å². The Kier molecular flexibility index (Phi) is 9.81. The van der Waals surface area contributed by atoms with Crippen molar-refractivity contribution < 1.29 is 14.3 Å². The van der Waals surface area contributed by atoms with Gasteiger partial charge in [0.05, 0.1) is 13.2 Å². The number of hydrogen-bond acceptors (Lipinski definition) is 5. The maximum absolute atomic E-state index is 13.2. The molecule has 1 unspecified atom stereocenters. The molecule has 1 saturated carbocycles. The highest BCUT2D eigenvalue weighted by atomic mass is 16.5.